The number of hydrogen-bond acceptors (Lipinski definition) is 2. The Morgan fingerprint density at radius 3 is 1.67 bits per heavy atom. The first-order valence-corrected chi connectivity index (χ1v) is 6.91. The number of likely N-dealkylation sites (tertiary alicyclic amines) is 2. The van der Waals surface area contributed by atoms with E-state index in [1.807, 2.05) is 0 Å². The van der Waals surface area contributed by atoms with Gasteiger partial charge >= 0.3 is 0 Å². The molecule has 0 spiro atoms. The molecule has 0 bridgehead atoms. The summed E-state index contributed by atoms with van der Waals surface area (Å²) in [5.74, 6) is 0. The van der Waals surface area contributed by atoms with Gasteiger partial charge in [-0.25, -0.2) is 0 Å². The summed E-state index contributed by atoms with van der Waals surface area (Å²) in [5, 5.41) is 0. The Bertz CT molecular complexity index is 199. The first-order valence-electron chi connectivity index (χ1n) is 6.91. The first kappa shape index (κ1) is 10.1. The van der Waals surface area contributed by atoms with Crippen molar-refractivity contribution in [3.63, 3.8) is 0 Å². The van der Waals surface area contributed by atoms with Crippen molar-refractivity contribution in [1.29, 1.82) is 0 Å². The highest BCUT2D eigenvalue weighted by atomic mass is 15.2. The lowest BCUT2D eigenvalue weighted by Gasteiger charge is -2.40. The van der Waals surface area contributed by atoms with E-state index >= 15 is 0 Å². The van der Waals surface area contributed by atoms with Crippen LogP contribution in [0.2, 0.25) is 0 Å². The average molecular weight is 208 g/mol. The van der Waals surface area contributed by atoms with Crippen molar-refractivity contribution in [2.45, 2.75) is 57.0 Å². The van der Waals surface area contributed by atoms with Crippen LogP contribution in [0.1, 0.15) is 44.9 Å². The van der Waals surface area contributed by atoms with Crippen LogP contribution in [-0.2, 0) is 0 Å². The van der Waals surface area contributed by atoms with E-state index in [0.717, 1.165) is 12.1 Å². The molecule has 0 aromatic heterocycles. The van der Waals surface area contributed by atoms with Crippen LogP contribution >= 0.6 is 0 Å². The molecule has 0 amide bonds. The van der Waals surface area contributed by atoms with Crippen LogP contribution in [0.15, 0.2) is 0 Å². The van der Waals surface area contributed by atoms with Crippen molar-refractivity contribution in [1.82, 2.24) is 9.80 Å². The smallest absolute Gasteiger partial charge is 0.0120 e. The van der Waals surface area contributed by atoms with Crippen molar-refractivity contribution < 1.29 is 0 Å². The molecule has 0 unspecified atom stereocenters. The van der Waals surface area contributed by atoms with Crippen LogP contribution < -0.4 is 0 Å². The predicted octanol–water partition coefficient (Wildman–Crippen LogP) is 2.10. The summed E-state index contributed by atoms with van der Waals surface area (Å²) in [6.45, 7) is 5.53. The molecule has 2 saturated heterocycles. The Morgan fingerprint density at radius 2 is 1.07 bits per heavy atom. The Balaban J connectivity index is 1.47. The first-order chi connectivity index (χ1) is 7.43. The highest BCUT2D eigenvalue weighted by Crippen LogP contribution is 2.30. The third-order valence-electron chi connectivity index (χ3n) is 4.47. The fraction of sp³-hybridized carbons (Fsp3) is 1.00. The van der Waals surface area contributed by atoms with Gasteiger partial charge in [-0.2, -0.15) is 0 Å². The molecule has 0 atom stereocenters. The van der Waals surface area contributed by atoms with Crippen LogP contribution in [0, 0.1) is 0 Å². The largest absolute Gasteiger partial charge is 0.300 e. The van der Waals surface area contributed by atoms with Gasteiger partial charge in [0.05, 0.1) is 0 Å². The number of hydrogen-bond donors (Lipinski definition) is 0. The highest BCUT2D eigenvalue weighted by molar-refractivity contribution is 4.89. The normalized spacial score (nSPS) is 32.0. The topological polar surface area (TPSA) is 6.48 Å². The average Bonchev–Trinajstić information content (AvgIpc) is 3.15. The quantitative estimate of drug-likeness (QED) is 0.685. The van der Waals surface area contributed by atoms with Gasteiger partial charge in [-0.1, -0.05) is 6.42 Å². The number of rotatable bonds is 2. The van der Waals surface area contributed by atoms with Crippen LogP contribution in [0.25, 0.3) is 0 Å². The SMILES string of the molecule is C1CCN(C2CCN(C3CC3)CC2)CC1. The Morgan fingerprint density at radius 1 is 0.533 bits per heavy atom. The molecule has 3 rings (SSSR count). The molecule has 0 radical (unpaired) electrons. The molecule has 1 aliphatic carbocycles. The van der Waals surface area contributed by atoms with Gasteiger partial charge in [0.2, 0.25) is 0 Å². The lowest BCUT2D eigenvalue weighted by molar-refractivity contribution is 0.0894. The van der Waals surface area contributed by atoms with Gasteiger partial charge in [0.1, 0.15) is 0 Å². The maximum atomic E-state index is 2.77. The fourth-order valence-corrected chi connectivity index (χ4v) is 3.34. The van der Waals surface area contributed by atoms with Gasteiger partial charge in [-0.05, 0) is 64.7 Å². The summed E-state index contributed by atoms with van der Waals surface area (Å²) in [4.78, 5) is 5.51. The summed E-state index contributed by atoms with van der Waals surface area (Å²) in [5.41, 5.74) is 0. The molecular weight excluding hydrogens is 184 g/mol. The molecule has 2 aliphatic heterocycles. The van der Waals surface area contributed by atoms with Gasteiger partial charge in [0.25, 0.3) is 0 Å². The zero-order valence-corrected chi connectivity index (χ0v) is 9.83. The predicted molar refractivity (Wildman–Crippen MR) is 63.0 cm³/mol. The molecule has 2 heteroatoms. The van der Waals surface area contributed by atoms with Crippen molar-refractivity contribution in [2.24, 2.45) is 0 Å². The zero-order valence-electron chi connectivity index (χ0n) is 9.83. The summed E-state index contributed by atoms with van der Waals surface area (Å²) >= 11 is 0. The maximum absolute atomic E-state index is 2.77. The van der Waals surface area contributed by atoms with Crippen LogP contribution in [0.5, 0.6) is 0 Å². The van der Waals surface area contributed by atoms with E-state index in [1.54, 1.807) is 0 Å². The molecule has 86 valence electrons. The molecule has 1 saturated carbocycles. The van der Waals surface area contributed by atoms with Crippen LogP contribution in [0.3, 0.4) is 0 Å². The minimum absolute atomic E-state index is 0.931. The standard InChI is InChI=1S/C13H24N2/c1-2-8-14(9-3-1)13-6-10-15(11-7-13)12-4-5-12/h12-13H,1-11H2. The van der Waals surface area contributed by atoms with Crippen LogP contribution in [-0.4, -0.2) is 48.1 Å². The van der Waals surface area contributed by atoms with E-state index < -0.39 is 0 Å². The summed E-state index contributed by atoms with van der Waals surface area (Å²) in [7, 11) is 0. The molecule has 2 heterocycles. The number of nitrogens with zero attached hydrogens (tertiary/aromatic N) is 2. The van der Waals surface area contributed by atoms with Crippen LogP contribution in [0.4, 0.5) is 0 Å². The molecule has 0 N–H and O–H groups in total. The third-order valence-corrected chi connectivity index (χ3v) is 4.47. The highest BCUT2D eigenvalue weighted by Gasteiger charge is 2.33. The second-order valence-electron chi connectivity index (χ2n) is 5.59. The molecule has 15 heavy (non-hydrogen) atoms. The Labute approximate surface area is 93.6 Å². The minimum Gasteiger partial charge on any atom is -0.300 e. The van der Waals surface area contributed by atoms with E-state index in [4.69, 9.17) is 0 Å². The van der Waals surface area contributed by atoms with Crippen molar-refractivity contribution in [3.8, 4) is 0 Å². The Hall–Kier alpha value is -0.0800. The maximum Gasteiger partial charge on any atom is 0.0120 e. The zero-order chi connectivity index (χ0) is 10.1. The van der Waals surface area contributed by atoms with E-state index in [-0.39, 0.29) is 0 Å². The van der Waals surface area contributed by atoms with E-state index in [9.17, 15) is 0 Å². The molecule has 2 nitrogen and oxygen atoms in total. The van der Waals surface area contributed by atoms with E-state index in [0.29, 0.717) is 0 Å². The number of piperidine rings is 2. The van der Waals surface area contributed by atoms with Crippen molar-refractivity contribution >= 4 is 0 Å². The summed E-state index contributed by atoms with van der Waals surface area (Å²) < 4.78 is 0. The lowest BCUT2D eigenvalue weighted by Crippen LogP contribution is -2.47. The van der Waals surface area contributed by atoms with E-state index in [2.05, 4.69) is 9.80 Å². The van der Waals surface area contributed by atoms with Gasteiger partial charge < -0.3 is 9.80 Å². The Kier molecular flexibility index (Phi) is 2.98. The van der Waals surface area contributed by atoms with Gasteiger partial charge in [-0.3, -0.25) is 0 Å². The fourth-order valence-electron chi connectivity index (χ4n) is 3.34. The van der Waals surface area contributed by atoms with Crippen molar-refractivity contribution in [2.75, 3.05) is 26.2 Å². The molecular formula is C13H24N2. The molecule has 3 fully saturated rings. The van der Waals surface area contributed by atoms with Crippen molar-refractivity contribution in [3.05, 3.63) is 0 Å². The second-order valence-corrected chi connectivity index (χ2v) is 5.59. The van der Waals surface area contributed by atoms with E-state index in [1.165, 1.54) is 71.1 Å². The minimum atomic E-state index is 0.931. The second kappa shape index (κ2) is 4.42. The van der Waals surface area contributed by atoms with Gasteiger partial charge in [-0.15, -0.1) is 0 Å². The summed E-state index contributed by atoms with van der Waals surface area (Å²) in [6.07, 6.45) is 10.2. The summed E-state index contributed by atoms with van der Waals surface area (Å²) in [6, 6.07) is 1.92. The lowest BCUT2D eigenvalue weighted by atomic mass is 10.00. The molecule has 0 aromatic rings. The van der Waals surface area contributed by atoms with Gasteiger partial charge in [0, 0.05) is 12.1 Å². The molecule has 3 aliphatic rings. The third kappa shape index (κ3) is 2.36. The van der Waals surface area contributed by atoms with Gasteiger partial charge in [0.15, 0.2) is 0 Å². The monoisotopic (exact) mass is 208 g/mol. The molecule has 0 aromatic carbocycles.